The molecule has 0 bridgehead atoms. The van der Waals surface area contributed by atoms with Gasteiger partial charge in [-0.15, -0.1) is 0 Å². The largest absolute Gasteiger partial charge is 0.435 e. The van der Waals surface area contributed by atoms with Crippen LogP contribution in [0.4, 0.5) is 32.0 Å². The first kappa shape index (κ1) is 13.2. The van der Waals surface area contributed by atoms with Gasteiger partial charge in [0, 0.05) is 12.1 Å². The lowest BCUT2D eigenvalue weighted by Crippen LogP contribution is -2.16. The van der Waals surface area contributed by atoms with Crippen molar-refractivity contribution in [3.8, 4) is 5.69 Å². The number of alkyl halides is 3. The quantitative estimate of drug-likeness (QED) is 0.645. The third-order valence-corrected chi connectivity index (χ3v) is 2.28. The Labute approximate surface area is 102 Å². The molecule has 0 saturated heterocycles. The van der Waals surface area contributed by atoms with E-state index in [0.717, 1.165) is 0 Å². The second-order valence-corrected chi connectivity index (χ2v) is 3.58. The van der Waals surface area contributed by atoms with Crippen molar-refractivity contribution in [2.45, 2.75) is 6.18 Å². The molecule has 1 aromatic carbocycles. The number of hydrogen-bond acceptors (Lipinski definition) is 2. The van der Waals surface area contributed by atoms with Gasteiger partial charge in [-0.25, -0.2) is 17.9 Å². The molecule has 0 aliphatic carbocycles. The monoisotopic (exact) mass is 281 g/mol. The van der Waals surface area contributed by atoms with Gasteiger partial charge in [-0.2, -0.15) is 18.3 Å². The third-order valence-electron chi connectivity index (χ3n) is 2.28. The Bertz CT molecular complexity index is 631. The molecule has 102 valence electrons. The van der Waals surface area contributed by atoms with Crippen molar-refractivity contribution in [1.29, 1.82) is 0 Å². The summed E-state index contributed by atoms with van der Waals surface area (Å²) in [5.41, 5.74) is 1.99. The lowest BCUT2D eigenvalue weighted by molar-refractivity contribution is -0.142. The van der Waals surface area contributed by atoms with Gasteiger partial charge in [-0.1, -0.05) is 0 Å². The van der Waals surface area contributed by atoms with E-state index in [1.54, 1.807) is 0 Å². The third kappa shape index (κ3) is 2.23. The van der Waals surface area contributed by atoms with Crippen molar-refractivity contribution in [2.75, 3.05) is 5.73 Å². The van der Waals surface area contributed by atoms with Crippen LogP contribution in [-0.2, 0) is 6.18 Å². The highest BCUT2D eigenvalue weighted by molar-refractivity contribution is 5.48. The van der Waals surface area contributed by atoms with E-state index in [2.05, 4.69) is 5.10 Å². The summed E-state index contributed by atoms with van der Waals surface area (Å²) in [7, 11) is 0. The van der Waals surface area contributed by atoms with Crippen LogP contribution in [0.15, 0.2) is 18.3 Å². The van der Waals surface area contributed by atoms with Crippen molar-refractivity contribution in [1.82, 2.24) is 9.78 Å². The second-order valence-electron chi connectivity index (χ2n) is 3.58. The fraction of sp³-hybridized carbons (Fsp3) is 0.100. The predicted molar refractivity (Wildman–Crippen MR) is 52.9 cm³/mol. The van der Waals surface area contributed by atoms with Gasteiger partial charge in [-0.3, -0.25) is 0 Å². The number of hydrogen-bond donors (Lipinski definition) is 1. The molecule has 0 unspecified atom stereocenters. The van der Waals surface area contributed by atoms with E-state index in [0.29, 0.717) is 6.20 Å². The predicted octanol–water partition coefficient (Wildman–Crippen LogP) is 2.89. The fourth-order valence-electron chi connectivity index (χ4n) is 1.50. The van der Waals surface area contributed by atoms with E-state index < -0.39 is 40.7 Å². The first-order valence-electron chi connectivity index (χ1n) is 4.77. The van der Waals surface area contributed by atoms with E-state index in [4.69, 9.17) is 5.73 Å². The molecule has 0 radical (unpaired) electrons. The zero-order valence-electron chi connectivity index (χ0n) is 8.97. The van der Waals surface area contributed by atoms with Crippen LogP contribution in [0.1, 0.15) is 5.69 Å². The zero-order chi connectivity index (χ0) is 14.4. The SMILES string of the molecule is Nc1cnn(-c2cc(F)c(F)cc2F)c1C(F)(F)F. The molecular weight excluding hydrogens is 276 g/mol. The molecule has 3 nitrogen and oxygen atoms in total. The minimum Gasteiger partial charge on any atom is -0.396 e. The Morgan fingerprint density at radius 2 is 1.58 bits per heavy atom. The molecule has 0 fully saturated rings. The normalized spacial score (nSPS) is 11.9. The molecule has 0 spiro atoms. The number of rotatable bonds is 1. The first-order chi connectivity index (χ1) is 8.71. The first-order valence-corrected chi connectivity index (χ1v) is 4.77. The van der Waals surface area contributed by atoms with Crippen molar-refractivity contribution in [3.63, 3.8) is 0 Å². The van der Waals surface area contributed by atoms with Crippen molar-refractivity contribution >= 4 is 5.69 Å². The Hall–Kier alpha value is -2.19. The molecule has 0 aliphatic heterocycles. The van der Waals surface area contributed by atoms with E-state index in [1.807, 2.05) is 0 Å². The number of nitrogen functional groups attached to an aromatic ring is 1. The Morgan fingerprint density at radius 1 is 1.00 bits per heavy atom. The molecule has 0 aliphatic rings. The van der Waals surface area contributed by atoms with E-state index in [9.17, 15) is 26.3 Å². The lowest BCUT2D eigenvalue weighted by atomic mass is 10.2. The van der Waals surface area contributed by atoms with Gasteiger partial charge in [0.25, 0.3) is 0 Å². The van der Waals surface area contributed by atoms with Gasteiger partial charge < -0.3 is 5.73 Å². The summed E-state index contributed by atoms with van der Waals surface area (Å²) in [5.74, 6) is -4.42. The summed E-state index contributed by atoms with van der Waals surface area (Å²) in [6, 6.07) is 0.398. The minimum atomic E-state index is -4.92. The minimum absolute atomic E-state index is 0.0766. The summed E-state index contributed by atoms with van der Waals surface area (Å²) in [6.45, 7) is 0. The average Bonchev–Trinajstić information content (AvgIpc) is 2.65. The Morgan fingerprint density at radius 3 is 2.16 bits per heavy atom. The van der Waals surface area contributed by atoms with Crippen LogP contribution in [0.2, 0.25) is 0 Å². The molecule has 19 heavy (non-hydrogen) atoms. The molecular formula is C10H5F6N3. The van der Waals surface area contributed by atoms with Crippen LogP contribution in [0, 0.1) is 17.5 Å². The lowest BCUT2D eigenvalue weighted by Gasteiger charge is -2.12. The summed E-state index contributed by atoms with van der Waals surface area (Å²) in [5, 5.41) is 3.23. The van der Waals surface area contributed by atoms with E-state index in [-0.39, 0.29) is 16.8 Å². The summed E-state index contributed by atoms with van der Waals surface area (Å²) in [6.07, 6.45) is -4.28. The zero-order valence-corrected chi connectivity index (χ0v) is 8.97. The van der Waals surface area contributed by atoms with Crippen molar-refractivity contribution in [2.24, 2.45) is 0 Å². The molecule has 0 amide bonds. The molecule has 0 saturated carbocycles. The van der Waals surface area contributed by atoms with Crippen molar-refractivity contribution < 1.29 is 26.3 Å². The molecule has 0 atom stereocenters. The van der Waals surface area contributed by atoms with Crippen LogP contribution in [-0.4, -0.2) is 9.78 Å². The highest BCUT2D eigenvalue weighted by Gasteiger charge is 2.38. The molecule has 2 N–H and O–H groups in total. The van der Waals surface area contributed by atoms with Gasteiger partial charge >= 0.3 is 6.18 Å². The Balaban J connectivity index is 2.70. The number of benzene rings is 1. The van der Waals surface area contributed by atoms with E-state index in [1.165, 1.54) is 0 Å². The van der Waals surface area contributed by atoms with Gasteiger partial charge in [0.05, 0.1) is 11.9 Å². The highest BCUT2D eigenvalue weighted by Crippen LogP contribution is 2.35. The summed E-state index contributed by atoms with van der Waals surface area (Å²) in [4.78, 5) is 0. The number of nitrogens with zero attached hydrogens (tertiary/aromatic N) is 2. The van der Waals surface area contributed by atoms with Crippen LogP contribution in [0.25, 0.3) is 5.69 Å². The van der Waals surface area contributed by atoms with Crippen LogP contribution < -0.4 is 5.73 Å². The maximum Gasteiger partial charge on any atom is 0.435 e. The van der Waals surface area contributed by atoms with Gasteiger partial charge in [-0.05, 0) is 0 Å². The number of halogens is 6. The molecule has 2 rings (SSSR count). The molecule has 1 aromatic heterocycles. The van der Waals surface area contributed by atoms with Gasteiger partial charge in [0.15, 0.2) is 23.1 Å². The maximum atomic E-state index is 13.4. The van der Waals surface area contributed by atoms with Crippen LogP contribution >= 0.6 is 0 Å². The van der Waals surface area contributed by atoms with E-state index >= 15 is 0 Å². The second kappa shape index (κ2) is 4.18. The topological polar surface area (TPSA) is 43.8 Å². The average molecular weight is 281 g/mol. The standard InChI is InChI=1S/C10H5F6N3/c11-4-1-6(13)8(2-5(4)12)19-9(10(14,15)16)7(17)3-18-19/h1-3H,17H2. The summed E-state index contributed by atoms with van der Waals surface area (Å²) >= 11 is 0. The smallest absolute Gasteiger partial charge is 0.396 e. The van der Waals surface area contributed by atoms with Gasteiger partial charge in [0.1, 0.15) is 5.69 Å². The fourth-order valence-corrected chi connectivity index (χ4v) is 1.50. The van der Waals surface area contributed by atoms with Crippen molar-refractivity contribution in [3.05, 3.63) is 41.5 Å². The highest BCUT2D eigenvalue weighted by atomic mass is 19.4. The van der Waals surface area contributed by atoms with Crippen LogP contribution in [0.3, 0.4) is 0 Å². The summed E-state index contributed by atoms with van der Waals surface area (Å²) < 4.78 is 77.3. The molecule has 2 aromatic rings. The number of aromatic nitrogens is 2. The molecule has 9 heteroatoms. The number of anilines is 1. The maximum absolute atomic E-state index is 13.4. The Kier molecular flexibility index (Phi) is 2.91. The number of nitrogens with two attached hydrogens (primary N) is 1. The van der Waals surface area contributed by atoms with Crippen LogP contribution in [0.5, 0.6) is 0 Å². The molecule has 1 heterocycles. The van der Waals surface area contributed by atoms with Gasteiger partial charge in [0.2, 0.25) is 0 Å².